The highest BCUT2D eigenvalue weighted by molar-refractivity contribution is 8.25. The Balaban J connectivity index is 1.26. The van der Waals surface area contributed by atoms with Gasteiger partial charge < -0.3 is 14.2 Å². The van der Waals surface area contributed by atoms with Crippen molar-refractivity contribution in [3.63, 3.8) is 0 Å². The molecule has 1 amide bonds. The number of ether oxygens (including phenoxy) is 1. The van der Waals surface area contributed by atoms with Crippen LogP contribution in [-0.4, -0.2) is 70.6 Å². The van der Waals surface area contributed by atoms with Crippen LogP contribution in [0.5, 0.6) is 5.75 Å². The molecule has 0 bridgehead atoms. The van der Waals surface area contributed by atoms with Crippen LogP contribution in [0.4, 0.5) is 5.82 Å². The molecular formula is C25H32N6O4S3. The van der Waals surface area contributed by atoms with E-state index < -0.39 is 10.8 Å². The maximum absolute atomic E-state index is 13.7. The molecule has 3 aromatic heterocycles. The normalized spacial score (nSPS) is 20.9. The van der Waals surface area contributed by atoms with Gasteiger partial charge in [0.15, 0.2) is 11.8 Å². The molecule has 0 aliphatic carbocycles. The van der Waals surface area contributed by atoms with Crippen molar-refractivity contribution >= 4 is 45.6 Å². The second-order valence-electron chi connectivity index (χ2n) is 9.70. The summed E-state index contributed by atoms with van der Waals surface area (Å²) < 4.78 is 30.6. The number of aryl methyl sites for hydroxylation is 3. The minimum atomic E-state index is -2.82. The first-order valence-electron chi connectivity index (χ1n) is 12.9. The lowest BCUT2D eigenvalue weighted by atomic mass is 9.99. The topological polar surface area (TPSA) is 117 Å². The predicted octanol–water partition coefficient (Wildman–Crippen LogP) is 4.45. The highest BCUT2D eigenvalue weighted by atomic mass is 32.3. The molecular weight excluding hydrogens is 545 g/mol. The summed E-state index contributed by atoms with van der Waals surface area (Å²) >= 11 is 3.41. The summed E-state index contributed by atoms with van der Waals surface area (Å²) in [6, 6.07) is 3.30. The van der Waals surface area contributed by atoms with Gasteiger partial charge in [-0.3, -0.25) is 18.2 Å². The second-order valence-corrected chi connectivity index (χ2v) is 14.1. The summed E-state index contributed by atoms with van der Waals surface area (Å²) in [7, 11) is -2.82. The molecule has 0 saturated carbocycles. The number of pyridine rings is 1. The van der Waals surface area contributed by atoms with Crippen molar-refractivity contribution in [3.8, 4) is 5.75 Å². The SMILES string of the molecule is CCc1nc(N2CCCS2(O)O)ccc1OCC(=O)N1CCc2nc3n(c2C1c1sc(C)nc1C)CCS3. The van der Waals surface area contributed by atoms with Crippen molar-refractivity contribution in [2.24, 2.45) is 0 Å². The zero-order chi connectivity index (χ0) is 26.6. The monoisotopic (exact) mass is 576 g/mol. The molecule has 204 valence electrons. The van der Waals surface area contributed by atoms with Crippen LogP contribution < -0.4 is 9.04 Å². The number of aromatic nitrogens is 4. The zero-order valence-corrected chi connectivity index (χ0v) is 24.2. The van der Waals surface area contributed by atoms with Crippen LogP contribution in [0.2, 0.25) is 0 Å². The third-order valence-corrected chi connectivity index (χ3v) is 11.2. The Morgan fingerprint density at radius 2 is 2.03 bits per heavy atom. The highest BCUT2D eigenvalue weighted by Gasteiger charge is 2.40. The van der Waals surface area contributed by atoms with Gasteiger partial charge in [-0.25, -0.2) is 15.0 Å². The van der Waals surface area contributed by atoms with E-state index in [9.17, 15) is 13.9 Å². The summed E-state index contributed by atoms with van der Waals surface area (Å²) in [6.45, 7) is 7.90. The number of thiazole rings is 1. The number of carbonyl (C=O) groups is 1. The molecule has 13 heteroatoms. The average molecular weight is 577 g/mol. The number of rotatable bonds is 6. The molecule has 0 aromatic carbocycles. The lowest BCUT2D eigenvalue weighted by Gasteiger charge is -2.37. The highest BCUT2D eigenvalue weighted by Crippen LogP contribution is 2.50. The third-order valence-electron chi connectivity index (χ3n) is 7.25. The molecule has 1 fully saturated rings. The van der Waals surface area contributed by atoms with Crippen LogP contribution >= 0.6 is 33.9 Å². The summed E-state index contributed by atoms with van der Waals surface area (Å²) in [6.07, 6.45) is 2.03. The first-order chi connectivity index (χ1) is 18.3. The summed E-state index contributed by atoms with van der Waals surface area (Å²) in [5, 5.41) is 2.02. The molecule has 38 heavy (non-hydrogen) atoms. The minimum absolute atomic E-state index is 0.0906. The number of anilines is 1. The van der Waals surface area contributed by atoms with Gasteiger partial charge in [0.05, 0.1) is 38.4 Å². The summed E-state index contributed by atoms with van der Waals surface area (Å²) in [5.74, 6) is 2.34. The number of imidazole rings is 1. The van der Waals surface area contributed by atoms with Gasteiger partial charge in [0, 0.05) is 31.8 Å². The third kappa shape index (κ3) is 4.47. The summed E-state index contributed by atoms with van der Waals surface area (Å²) in [4.78, 5) is 31.0. The fraction of sp³-hybridized carbons (Fsp3) is 0.520. The van der Waals surface area contributed by atoms with Crippen molar-refractivity contribution in [3.05, 3.63) is 44.8 Å². The van der Waals surface area contributed by atoms with Crippen molar-refractivity contribution in [1.29, 1.82) is 0 Å². The molecule has 3 aliphatic heterocycles. The standard InChI is InChI=1S/C25H32N6O4S3/c1-4-17-19(6-7-20(27-17)31-9-5-13-38(31,33)34)35-14-21(32)29-10-8-18-22(30-11-12-36-25(30)28-18)23(29)24-15(2)26-16(3)37-24/h6-7,23,33-34H,4-5,8-14H2,1-3H3. The molecule has 3 aliphatic rings. The van der Waals surface area contributed by atoms with Crippen molar-refractivity contribution in [2.75, 3.05) is 35.5 Å². The Labute approximate surface area is 231 Å². The zero-order valence-electron chi connectivity index (χ0n) is 21.7. The quantitative estimate of drug-likeness (QED) is 0.439. The van der Waals surface area contributed by atoms with Gasteiger partial charge in [0.25, 0.3) is 5.91 Å². The van der Waals surface area contributed by atoms with Crippen LogP contribution in [0.25, 0.3) is 0 Å². The van der Waals surface area contributed by atoms with E-state index in [1.165, 1.54) is 0 Å². The number of amides is 1. The van der Waals surface area contributed by atoms with Gasteiger partial charge in [0.1, 0.15) is 17.6 Å². The van der Waals surface area contributed by atoms with Crippen molar-refractivity contribution < 1.29 is 18.6 Å². The maximum Gasteiger partial charge on any atom is 0.261 e. The van der Waals surface area contributed by atoms with E-state index in [1.807, 2.05) is 25.7 Å². The van der Waals surface area contributed by atoms with Crippen molar-refractivity contribution in [2.45, 2.75) is 57.8 Å². The molecule has 0 spiro atoms. The molecule has 6 rings (SSSR count). The van der Waals surface area contributed by atoms with E-state index in [1.54, 1.807) is 39.5 Å². The molecule has 1 atom stereocenters. The predicted molar refractivity (Wildman–Crippen MR) is 151 cm³/mol. The summed E-state index contributed by atoms with van der Waals surface area (Å²) in [5.41, 5.74) is 3.83. The molecule has 1 unspecified atom stereocenters. The largest absolute Gasteiger partial charge is 0.482 e. The molecule has 2 N–H and O–H groups in total. The minimum Gasteiger partial charge on any atom is -0.482 e. The molecule has 1 saturated heterocycles. The van der Waals surface area contributed by atoms with Gasteiger partial charge >= 0.3 is 0 Å². The average Bonchev–Trinajstić information content (AvgIpc) is 3.65. The Morgan fingerprint density at radius 3 is 2.74 bits per heavy atom. The Bertz CT molecular complexity index is 1390. The number of carbonyl (C=O) groups excluding carboxylic acids is 1. The van der Waals surface area contributed by atoms with Gasteiger partial charge in [0.2, 0.25) is 0 Å². The van der Waals surface area contributed by atoms with Crippen LogP contribution in [0.15, 0.2) is 17.3 Å². The lowest BCUT2D eigenvalue weighted by molar-refractivity contribution is -0.135. The Kier molecular flexibility index (Phi) is 6.83. The molecule has 10 nitrogen and oxygen atoms in total. The molecule has 3 aromatic rings. The number of nitrogens with zero attached hydrogens (tertiary/aromatic N) is 6. The van der Waals surface area contributed by atoms with E-state index in [0.717, 1.165) is 50.8 Å². The van der Waals surface area contributed by atoms with E-state index in [0.29, 0.717) is 48.9 Å². The van der Waals surface area contributed by atoms with E-state index in [2.05, 4.69) is 14.5 Å². The van der Waals surface area contributed by atoms with Gasteiger partial charge in [-0.2, -0.15) is 0 Å². The lowest BCUT2D eigenvalue weighted by Crippen LogP contribution is -2.43. The number of fused-ring (bicyclic) bond motifs is 3. The molecule has 6 heterocycles. The number of hydrogen-bond donors (Lipinski definition) is 2. The van der Waals surface area contributed by atoms with Gasteiger partial charge in [-0.15, -0.1) is 22.1 Å². The van der Waals surface area contributed by atoms with Gasteiger partial charge in [-0.1, -0.05) is 18.7 Å². The van der Waals surface area contributed by atoms with Crippen LogP contribution in [0.3, 0.4) is 0 Å². The first kappa shape index (κ1) is 25.9. The fourth-order valence-electron chi connectivity index (χ4n) is 5.52. The number of thioether (sulfide) groups is 1. The van der Waals surface area contributed by atoms with Crippen LogP contribution in [-0.2, 0) is 24.2 Å². The van der Waals surface area contributed by atoms with Gasteiger partial charge in [-0.05, 0) is 38.8 Å². The van der Waals surface area contributed by atoms with E-state index in [-0.39, 0.29) is 18.6 Å². The smallest absolute Gasteiger partial charge is 0.261 e. The molecule has 0 radical (unpaired) electrons. The number of hydrogen-bond acceptors (Lipinski definition) is 10. The Morgan fingerprint density at radius 1 is 1.18 bits per heavy atom. The Hall–Kier alpha value is -2.32. The van der Waals surface area contributed by atoms with Crippen LogP contribution in [0.1, 0.15) is 52.0 Å². The van der Waals surface area contributed by atoms with Crippen molar-refractivity contribution in [1.82, 2.24) is 24.4 Å². The second kappa shape index (κ2) is 10.0. The van der Waals surface area contributed by atoms with Crippen LogP contribution in [0, 0.1) is 13.8 Å². The maximum atomic E-state index is 13.7. The van der Waals surface area contributed by atoms with E-state index >= 15 is 0 Å². The first-order valence-corrected chi connectivity index (χ1v) is 16.4. The fourth-order valence-corrected chi connectivity index (χ4v) is 9.10. The van der Waals surface area contributed by atoms with E-state index in [4.69, 9.17) is 9.72 Å².